The van der Waals surface area contributed by atoms with E-state index in [-0.39, 0.29) is 57.0 Å². The molecule has 0 saturated carbocycles. The molecule has 1 radical (unpaired) electrons. The van der Waals surface area contributed by atoms with Gasteiger partial charge in [-0.3, -0.25) is 0 Å². The minimum atomic E-state index is -0.798. The van der Waals surface area contributed by atoms with E-state index in [0.29, 0.717) is 36.2 Å². The van der Waals surface area contributed by atoms with Crippen molar-refractivity contribution in [2.45, 2.75) is 13.2 Å². The molecule has 2 amide bonds. The second kappa shape index (κ2) is 16.2. The maximum Gasteiger partial charge on any atom is 0.129 e. The predicted molar refractivity (Wildman–Crippen MR) is 152 cm³/mol. The average molecular weight is 625 g/mol. The summed E-state index contributed by atoms with van der Waals surface area (Å²) in [6, 6.07) is 28.3. The largest absolute Gasteiger partial charge is 0.663 e. The number of rotatable bonds is 14. The number of hydrogen-bond donors (Lipinski definition) is 0. The Labute approximate surface area is 264 Å². The summed E-state index contributed by atoms with van der Waals surface area (Å²) in [7, 11) is 0. The Bertz CT molecular complexity index is 1380. The third-order valence-electron chi connectivity index (χ3n) is 5.81. The molecule has 0 aliphatic rings. The Kier molecular flexibility index (Phi) is 12.4. The van der Waals surface area contributed by atoms with E-state index in [4.69, 9.17) is 30.4 Å². The molecule has 0 aliphatic heterocycles. The van der Waals surface area contributed by atoms with Crippen molar-refractivity contribution >= 4 is 11.8 Å². The molecule has 2 N–H and O–H groups in total. The molecule has 9 heteroatoms. The van der Waals surface area contributed by atoms with Gasteiger partial charge >= 0.3 is 0 Å². The summed E-state index contributed by atoms with van der Waals surface area (Å²) in [5.41, 5.74) is 16.8. The van der Waals surface area contributed by atoms with Crippen molar-refractivity contribution < 1.29 is 61.2 Å². The van der Waals surface area contributed by atoms with E-state index in [1.807, 2.05) is 60.7 Å². The predicted octanol–water partition coefficient (Wildman–Crippen LogP) is 7.24. The van der Waals surface area contributed by atoms with Crippen LogP contribution in [0.1, 0.15) is 31.8 Å². The van der Waals surface area contributed by atoms with Gasteiger partial charge in [-0.1, -0.05) is 60.7 Å². The molecule has 0 bridgehead atoms. The van der Waals surface area contributed by atoms with E-state index in [2.05, 4.69) is 0 Å². The molecular weight excluding hydrogens is 597 g/mol. The Morgan fingerprint density at radius 2 is 0.854 bits per heavy atom. The minimum absolute atomic E-state index is 0. The summed E-state index contributed by atoms with van der Waals surface area (Å²) < 4.78 is 23.4. The van der Waals surface area contributed by atoms with Gasteiger partial charge in [0.05, 0.1) is 11.8 Å². The fraction of sp³-hybridized carbons (Fsp3) is 0.125. The first kappa shape index (κ1) is 31.4. The molecule has 0 fully saturated rings. The van der Waals surface area contributed by atoms with Crippen LogP contribution in [0.15, 0.2) is 109 Å². The molecule has 4 aromatic rings. The van der Waals surface area contributed by atoms with Crippen LogP contribution in [0.25, 0.3) is 11.5 Å². The molecule has 4 rings (SSSR count). The first-order valence-corrected chi connectivity index (χ1v) is 12.5. The van der Waals surface area contributed by atoms with Gasteiger partial charge in [0.15, 0.2) is 0 Å². The molecule has 207 valence electrons. The van der Waals surface area contributed by atoms with Crippen molar-refractivity contribution in [2.75, 3.05) is 13.2 Å². The first-order valence-electron chi connectivity index (χ1n) is 12.5. The van der Waals surface area contributed by atoms with E-state index >= 15 is 0 Å². The van der Waals surface area contributed by atoms with Gasteiger partial charge in [0, 0.05) is 55.0 Å². The fourth-order valence-corrected chi connectivity index (χ4v) is 3.81. The van der Waals surface area contributed by atoms with Gasteiger partial charge in [-0.2, -0.15) is 0 Å². The molecule has 41 heavy (non-hydrogen) atoms. The normalized spacial score (nSPS) is 10.4. The second-order valence-corrected chi connectivity index (χ2v) is 8.54. The van der Waals surface area contributed by atoms with Gasteiger partial charge in [0.1, 0.15) is 49.4 Å². The van der Waals surface area contributed by atoms with Crippen LogP contribution in [0, 0.1) is 0 Å². The topological polar surface area (TPSA) is 119 Å². The van der Waals surface area contributed by atoms with Gasteiger partial charge in [-0.15, -0.1) is 0 Å². The molecule has 0 aromatic heterocycles. The van der Waals surface area contributed by atoms with Crippen LogP contribution in [0.4, 0.5) is 0 Å². The summed E-state index contributed by atoms with van der Waals surface area (Å²) in [5.74, 6) is 0.416. The maximum atomic E-state index is 11.5. The van der Waals surface area contributed by atoms with Crippen molar-refractivity contribution in [1.82, 2.24) is 0 Å². The maximum absolute atomic E-state index is 11.5. The molecule has 0 atom stereocenters. The number of hydrogen-bond acceptors (Lipinski definition) is 6. The van der Waals surface area contributed by atoms with E-state index in [9.17, 15) is 9.59 Å². The third-order valence-corrected chi connectivity index (χ3v) is 5.81. The minimum Gasteiger partial charge on any atom is -0.663 e. The number of amides is 2. The van der Waals surface area contributed by atoms with Gasteiger partial charge in [-0.05, 0) is 48.6 Å². The van der Waals surface area contributed by atoms with Crippen molar-refractivity contribution in [3.63, 3.8) is 0 Å². The third kappa shape index (κ3) is 9.20. The summed E-state index contributed by atoms with van der Waals surface area (Å²) in [4.78, 5) is 23.1. The van der Waals surface area contributed by atoms with Crippen LogP contribution in [0.3, 0.4) is 0 Å². The van der Waals surface area contributed by atoms with E-state index in [1.54, 1.807) is 48.5 Å². The molecule has 8 nitrogen and oxygen atoms in total. The number of nitrogens with one attached hydrogen (secondary N) is 2. The summed E-state index contributed by atoms with van der Waals surface area (Å²) in [5, 5.41) is 0. The smallest absolute Gasteiger partial charge is 0.129 e. The SMILES string of the molecule is [NH-]C(=O)c1ccccc1OCc1ccccc1OC/C=C/COc1ccccc1COc1ccccc1C([NH-])=O.[Y]. The zero-order chi connectivity index (χ0) is 28.2. The first-order chi connectivity index (χ1) is 19.5. The number of carbonyl (C=O) groups excluding carboxylic acids is 2. The number of carbonyl (C=O) groups is 2. The van der Waals surface area contributed by atoms with Crippen molar-refractivity contribution in [2.24, 2.45) is 0 Å². The second-order valence-electron chi connectivity index (χ2n) is 8.54. The molecule has 0 saturated heterocycles. The molecular formula is C32H28N2O6Y-2. The molecule has 0 aliphatic carbocycles. The number of ether oxygens (including phenoxy) is 4. The zero-order valence-electron chi connectivity index (χ0n) is 22.2. The van der Waals surface area contributed by atoms with Gasteiger partial charge in [-0.25, -0.2) is 0 Å². The Morgan fingerprint density at radius 1 is 0.512 bits per heavy atom. The molecule has 0 heterocycles. The summed E-state index contributed by atoms with van der Waals surface area (Å²) in [6.07, 6.45) is 3.70. The van der Waals surface area contributed by atoms with Crippen molar-refractivity contribution in [1.29, 1.82) is 0 Å². The number of para-hydroxylation sites is 4. The van der Waals surface area contributed by atoms with Crippen LogP contribution in [0.5, 0.6) is 23.0 Å². The Morgan fingerprint density at radius 3 is 1.24 bits per heavy atom. The molecule has 0 spiro atoms. The van der Waals surface area contributed by atoms with Crippen molar-refractivity contribution in [3.05, 3.63) is 143 Å². The van der Waals surface area contributed by atoms with Gasteiger partial charge in [0.2, 0.25) is 0 Å². The van der Waals surface area contributed by atoms with E-state index < -0.39 is 11.8 Å². The monoisotopic (exact) mass is 625 g/mol. The fourth-order valence-electron chi connectivity index (χ4n) is 3.81. The van der Waals surface area contributed by atoms with Crippen LogP contribution in [0.2, 0.25) is 0 Å². The Balaban J connectivity index is 0.00000462. The quantitative estimate of drug-likeness (QED) is 0.136. The van der Waals surface area contributed by atoms with Gasteiger partial charge in [0.25, 0.3) is 0 Å². The summed E-state index contributed by atoms with van der Waals surface area (Å²) in [6.45, 7) is 0.995. The Hall–Kier alpha value is -4.14. The van der Waals surface area contributed by atoms with Crippen LogP contribution in [-0.4, -0.2) is 25.0 Å². The van der Waals surface area contributed by atoms with E-state index in [0.717, 1.165) is 11.1 Å². The number of benzene rings is 4. The standard InChI is InChI=1S/C32H30N2O6.Y/c33-31(35)25-13-3-7-17-29(25)39-21-23-11-1-5-15-27(23)37-19-9-10-20-38-28-16-6-2-12-24(28)22-40-30-18-8-4-14-26(30)32(34)36;/h1-18H,19-22H2,(H4,33,34,35,36);/p-2/b10-9+;. The molecule has 4 aromatic carbocycles. The zero-order valence-corrected chi connectivity index (χ0v) is 25.1. The van der Waals surface area contributed by atoms with Crippen LogP contribution >= 0.6 is 0 Å². The van der Waals surface area contributed by atoms with E-state index in [1.165, 1.54) is 0 Å². The molecule has 0 unspecified atom stereocenters. The van der Waals surface area contributed by atoms with Gasteiger partial charge < -0.3 is 40.0 Å². The summed E-state index contributed by atoms with van der Waals surface area (Å²) >= 11 is 0. The average Bonchev–Trinajstić information content (AvgIpc) is 2.98. The van der Waals surface area contributed by atoms with Crippen molar-refractivity contribution in [3.8, 4) is 23.0 Å². The van der Waals surface area contributed by atoms with Crippen LogP contribution < -0.4 is 18.9 Å². The van der Waals surface area contributed by atoms with Crippen LogP contribution in [-0.2, 0) is 45.9 Å².